The number of carboxylic acid groups (broad SMARTS) is 1. The molecule has 3 aromatic carbocycles. The van der Waals surface area contributed by atoms with E-state index in [1.54, 1.807) is 97.9 Å². The second kappa shape index (κ2) is 15.8. The van der Waals surface area contributed by atoms with Gasteiger partial charge in [0.1, 0.15) is 24.3 Å². The molecule has 1 N–H and O–H groups in total. The Morgan fingerprint density at radius 2 is 1.74 bits per heavy atom. The number of nitrogens with zero attached hydrogens (tertiary/aromatic N) is 4. The fourth-order valence-electron chi connectivity index (χ4n) is 5.32. The van der Waals surface area contributed by atoms with Crippen molar-refractivity contribution in [2.75, 3.05) is 13.7 Å². The van der Waals surface area contributed by atoms with Crippen LogP contribution in [0.15, 0.2) is 108 Å². The van der Waals surface area contributed by atoms with E-state index in [1.807, 2.05) is 6.07 Å². The molecule has 47 heavy (non-hydrogen) atoms. The van der Waals surface area contributed by atoms with E-state index in [0.29, 0.717) is 22.4 Å². The first-order valence-corrected chi connectivity index (χ1v) is 14.5. The van der Waals surface area contributed by atoms with Gasteiger partial charge in [0, 0.05) is 40.7 Å². The average Bonchev–Trinajstić information content (AvgIpc) is 3.48. The number of aliphatic imine (C=N–C) groups is 1. The maximum atomic E-state index is 13.9. The van der Waals surface area contributed by atoms with Crippen LogP contribution in [-0.4, -0.2) is 64.3 Å². The van der Waals surface area contributed by atoms with E-state index in [9.17, 15) is 24.3 Å². The summed E-state index contributed by atoms with van der Waals surface area (Å²) in [7, 11) is 1.48. The second-order valence-corrected chi connectivity index (χ2v) is 10.5. The number of carbonyl (C=O) groups excluding carboxylic acids is 3. The zero-order chi connectivity index (χ0) is 32.6. The molecule has 0 saturated carbocycles. The molecule has 1 aliphatic rings. The number of hydrogen-bond donors (Lipinski definition) is 1. The Hall–Kier alpha value is -5.35. The van der Waals surface area contributed by atoms with Crippen LogP contribution in [0.25, 0.3) is 5.32 Å². The number of imide groups is 1. The van der Waals surface area contributed by atoms with Gasteiger partial charge in [0.25, 0.3) is 0 Å². The molecule has 11 nitrogen and oxygen atoms in total. The van der Waals surface area contributed by atoms with E-state index in [2.05, 4.69) is 15.3 Å². The minimum absolute atomic E-state index is 0. The molecular formula is C35H31N4NiO7-. The number of hydrogen-bond acceptors (Lipinski definition) is 8. The van der Waals surface area contributed by atoms with Crippen molar-refractivity contribution in [3.63, 3.8) is 0 Å². The molecule has 1 aliphatic heterocycles. The van der Waals surface area contributed by atoms with Crippen molar-refractivity contribution in [3.8, 4) is 5.75 Å². The van der Waals surface area contributed by atoms with E-state index in [-0.39, 0.29) is 46.6 Å². The first-order valence-electron chi connectivity index (χ1n) is 14.5. The molecule has 5 rings (SSSR count). The summed E-state index contributed by atoms with van der Waals surface area (Å²) in [5.41, 5.74) is 2.33. The maximum absolute atomic E-state index is 13.9. The number of pyridine rings is 1. The molecule has 0 bridgehead atoms. The van der Waals surface area contributed by atoms with Crippen molar-refractivity contribution in [2.45, 2.75) is 31.3 Å². The van der Waals surface area contributed by atoms with E-state index < -0.39 is 41.9 Å². The third-order valence-electron chi connectivity index (χ3n) is 7.61. The van der Waals surface area contributed by atoms with Gasteiger partial charge in [-0.15, -0.1) is 5.69 Å². The van der Waals surface area contributed by atoms with Gasteiger partial charge in [-0.1, -0.05) is 72.8 Å². The van der Waals surface area contributed by atoms with Crippen LogP contribution in [-0.2, 0) is 30.8 Å². The van der Waals surface area contributed by atoms with Gasteiger partial charge in [-0.25, -0.2) is 14.5 Å². The van der Waals surface area contributed by atoms with Crippen LogP contribution in [0.3, 0.4) is 0 Å². The summed E-state index contributed by atoms with van der Waals surface area (Å²) in [5, 5.41) is 14.7. The van der Waals surface area contributed by atoms with Gasteiger partial charge in [-0.3, -0.25) is 14.8 Å². The van der Waals surface area contributed by atoms with Gasteiger partial charge in [0.2, 0.25) is 5.91 Å². The average molecular weight is 678 g/mol. The second-order valence-electron chi connectivity index (χ2n) is 10.5. The molecule has 2 heterocycles. The Bertz CT molecular complexity index is 1770. The number of cyclic esters (lactones) is 1. The molecule has 1 saturated heterocycles. The number of ether oxygens (including phenoxy) is 2. The Morgan fingerprint density at radius 3 is 2.45 bits per heavy atom. The smallest absolute Gasteiger partial charge is 0.417 e. The quantitative estimate of drug-likeness (QED) is 0.148. The van der Waals surface area contributed by atoms with Crippen LogP contribution in [0.1, 0.15) is 52.5 Å². The summed E-state index contributed by atoms with van der Waals surface area (Å²) in [4.78, 5) is 62.1. The fourth-order valence-corrected chi connectivity index (χ4v) is 5.32. The first kappa shape index (κ1) is 34.5. The normalized spacial score (nSPS) is 15.5. The van der Waals surface area contributed by atoms with Gasteiger partial charge in [-0.05, 0) is 47.9 Å². The summed E-state index contributed by atoms with van der Waals surface area (Å²) >= 11 is 0. The van der Waals surface area contributed by atoms with Crippen LogP contribution >= 0.6 is 0 Å². The van der Waals surface area contributed by atoms with E-state index in [4.69, 9.17) is 9.47 Å². The van der Waals surface area contributed by atoms with Crippen molar-refractivity contribution in [1.29, 1.82) is 0 Å². The predicted molar refractivity (Wildman–Crippen MR) is 169 cm³/mol. The molecule has 4 aromatic rings. The number of amides is 3. The number of methoxy groups -OCH3 is 1. The van der Waals surface area contributed by atoms with Crippen LogP contribution in [0.4, 0.5) is 10.5 Å². The van der Waals surface area contributed by atoms with Crippen molar-refractivity contribution in [3.05, 3.63) is 131 Å². The SMILES string of the molecule is COc1cccc([C@H](CC(=O)N2C(=O)OC[C@H]2c2ccccc2)[C@@H](N=C(C)c2ccccc2[N-]C(=O)c2ccccn2)C(=O)O)c1.[Ni]. The van der Waals surface area contributed by atoms with E-state index in [1.165, 1.54) is 13.3 Å². The number of rotatable bonds is 11. The standard InChI is InChI=1S/C35H32N4O7.Ni/c1-22(26-15-6-7-16-28(26)38-33(41)29-17-8-9-18-36-29)37-32(34(42)43)27(24-13-10-14-25(19-24)45-2)20-31(40)39-30(21-46-35(39)44)23-11-4-3-5-12-23;/h3-19,27,30,32H,20-21H2,1-2H3,(H2,37,38,41,42,43);/p-1/t27-,30-,32+;/m0./s1. The van der Waals surface area contributed by atoms with Crippen molar-refractivity contribution in [2.24, 2.45) is 4.99 Å². The number of aromatic nitrogens is 1. The maximum Gasteiger partial charge on any atom is 0.417 e. The van der Waals surface area contributed by atoms with Crippen LogP contribution < -0.4 is 4.74 Å². The fraction of sp³-hybridized carbons (Fsp3) is 0.200. The summed E-state index contributed by atoms with van der Waals surface area (Å²) in [6.07, 6.45) is 0.314. The number of carbonyl (C=O) groups is 4. The van der Waals surface area contributed by atoms with Gasteiger partial charge in [-0.2, -0.15) is 0 Å². The van der Waals surface area contributed by atoms with Gasteiger partial charge in [0.15, 0.2) is 6.04 Å². The van der Waals surface area contributed by atoms with Crippen molar-refractivity contribution >= 4 is 35.3 Å². The molecule has 1 fully saturated rings. The van der Waals surface area contributed by atoms with Crippen molar-refractivity contribution < 1.29 is 50.2 Å². The third kappa shape index (κ3) is 8.09. The number of aliphatic carboxylic acids is 1. The van der Waals surface area contributed by atoms with Gasteiger partial charge < -0.3 is 24.7 Å². The van der Waals surface area contributed by atoms with Crippen LogP contribution in [0.5, 0.6) is 5.75 Å². The van der Waals surface area contributed by atoms with Crippen LogP contribution in [0, 0.1) is 0 Å². The topological polar surface area (TPSA) is 150 Å². The Kier molecular flexibility index (Phi) is 11.6. The van der Waals surface area contributed by atoms with Crippen LogP contribution in [0.2, 0.25) is 0 Å². The summed E-state index contributed by atoms with van der Waals surface area (Å²) in [6.45, 7) is 1.60. The Morgan fingerprint density at radius 1 is 1.02 bits per heavy atom. The van der Waals surface area contributed by atoms with Gasteiger partial charge in [0.05, 0.1) is 12.8 Å². The third-order valence-corrected chi connectivity index (χ3v) is 7.61. The number of carboxylic acids is 1. The predicted octanol–water partition coefficient (Wildman–Crippen LogP) is 6.09. The molecule has 0 aliphatic carbocycles. The molecule has 3 amide bonds. The minimum atomic E-state index is -1.47. The summed E-state index contributed by atoms with van der Waals surface area (Å²) in [5.74, 6) is -3.03. The summed E-state index contributed by atoms with van der Waals surface area (Å²) < 4.78 is 10.6. The number of benzene rings is 3. The van der Waals surface area contributed by atoms with E-state index in [0.717, 1.165) is 4.90 Å². The Labute approximate surface area is 281 Å². The molecular weight excluding hydrogens is 647 g/mol. The zero-order valence-corrected chi connectivity index (χ0v) is 26.5. The monoisotopic (exact) mass is 677 g/mol. The zero-order valence-electron chi connectivity index (χ0n) is 25.5. The summed E-state index contributed by atoms with van der Waals surface area (Å²) in [6, 6.07) is 25.2. The van der Waals surface area contributed by atoms with Crippen molar-refractivity contribution in [1.82, 2.24) is 9.88 Å². The largest absolute Gasteiger partial charge is 0.621 e. The first-order chi connectivity index (χ1) is 22.3. The Balaban J connectivity index is 0.00000500. The van der Waals surface area contributed by atoms with E-state index >= 15 is 0 Å². The molecule has 0 radical (unpaired) electrons. The molecule has 12 heteroatoms. The molecule has 1 aromatic heterocycles. The minimum Gasteiger partial charge on any atom is -0.621 e. The molecule has 244 valence electrons. The molecule has 3 atom stereocenters. The number of para-hydroxylation sites is 1. The van der Waals surface area contributed by atoms with Gasteiger partial charge >= 0.3 is 12.1 Å². The molecule has 0 spiro atoms. The molecule has 0 unspecified atom stereocenters.